The number of imidazole rings is 1. The van der Waals surface area contributed by atoms with E-state index in [9.17, 15) is 15.1 Å². The van der Waals surface area contributed by atoms with Gasteiger partial charge in [0.15, 0.2) is 17.4 Å². The quantitative estimate of drug-likeness (QED) is 0.595. The summed E-state index contributed by atoms with van der Waals surface area (Å²) >= 11 is 0. The smallest absolute Gasteiger partial charge is 0.349 e. The number of aliphatic carboxylic acids is 1. The molecule has 23 heavy (non-hydrogen) atoms. The lowest BCUT2D eigenvalue weighted by Gasteiger charge is -2.08. The van der Waals surface area contributed by atoms with E-state index in [1.54, 1.807) is 6.92 Å². The maximum absolute atomic E-state index is 12.5. The second-order valence-corrected chi connectivity index (χ2v) is 5.29. The fourth-order valence-corrected chi connectivity index (χ4v) is 2.61. The van der Waals surface area contributed by atoms with Crippen LogP contribution < -0.4 is 4.73 Å². The van der Waals surface area contributed by atoms with Gasteiger partial charge in [-0.1, -0.05) is 60.7 Å². The number of rotatable bonds is 4. The fourth-order valence-electron chi connectivity index (χ4n) is 2.61. The third kappa shape index (κ3) is 2.68. The van der Waals surface area contributed by atoms with E-state index in [0.29, 0.717) is 11.4 Å². The lowest BCUT2D eigenvalue weighted by atomic mass is 10.0. The third-order valence-electron chi connectivity index (χ3n) is 3.80. The number of carboxylic acids is 1. The van der Waals surface area contributed by atoms with Gasteiger partial charge in [0.05, 0.1) is 0 Å². The largest absolute Gasteiger partial charge is 0.710 e. The number of carbonyl (C=O) groups is 1. The summed E-state index contributed by atoms with van der Waals surface area (Å²) in [5.74, 6) is -0.989. The highest BCUT2D eigenvalue weighted by Crippen LogP contribution is 2.32. The van der Waals surface area contributed by atoms with Crippen molar-refractivity contribution in [2.45, 2.75) is 13.0 Å². The molecule has 116 valence electrons. The predicted molar refractivity (Wildman–Crippen MR) is 86.6 cm³/mol. The van der Waals surface area contributed by atoms with Crippen LogP contribution in [0.4, 0.5) is 0 Å². The van der Waals surface area contributed by atoms with E-state index in [0.717, 1.165) is 15.9 Å². The Kier molecular flexibility index (Phi) is 3.85. The van der Waals surface area contributed by atoms with Crippen LogP contribution >= 0.6 is 0 Å². The zero-order valence-electron chi connectivity index (χ0n) is 12.6. The van der Waals surface area contributed by atoms with Crippen molar-refractivity contribution < 1.29 is 14.6 Å². The molecule has 3 rings (SSSR count). The summed E-state index contributed by atoms with van der Waals surface area (Å²) < 4.78 is 2.24. The van der Waals surface area contributed by atoms with Gasteiger partial charge in [0.2, 0.25) is 6.33 Å². The Labute approximate surface area is 133 Å². The van der Waals surface area contributed by atoms with Crippen LogP contribution in [0.1, 0.15) is 13.0 Å². The van der Waals surface area contributed by atoms with Crippen molar-refractivity contribution in [3.8, 4) is 22.5 Å². The summed E-state index contributed by atoms with van der Waals surface area (Å²) in [6.45, 7) is 1.56. The van der Waals surface area contributed by atoms with Crippen LogP contribution in [0.2, 0.25) is 0 Å². The van der Waals surface area contributed by atoms with Crippen LogP contribution in [-0.4, -0.2) is 15.6 Å². The maximum Gasteiger partial charge on any atom is 0.349 e. The predicted octanol–water partition coefficient (Wildman–Crippen LogP) is 3.10. The first-order chi connectivity index (χ1) is 11.1. The third-order valence-corrected chi connectivity index (χ3v) is 3.80. The molecule has 0 aliphatic carbocycles. The zero-order chi connectivity index (χ0) is 16.4. The molecule has 1 N–H and O–H groups in total. The molecule has 5 heteroatoms. The van der Waals surface area contributed by atoms with Crippen LogP contribution in [0.25, 0.3) is 22.5 Å². The monoisotopic (exact) mass is 308 g/mol. The van der Waals surface area contributed by atoms with Crippen LogP contribution in [0.5, 0.6) is 0 Å². The van der Waals surface area contributed by atoms with Crippen LogP contribution in [0.3, 0.4) is 0 Å². The molecule has 0 saturated carbocycles. The topological polar surface area (TPSA) is 69.2 Å². The standard InChI is InChI=1S/C18H16N2O3/c1-13(18(21)22)19-12-20(23)17(15-10-6-3-7-11-15)16(19)14-8-4-2-5-9-14/h2-13H,1H3,(H,21,22). The molecule has 3 aromatic rings. The van der Waals surface area contributed by atoms with E-state index in [1.165, 1.54) is 10.9 Å². The van der Waals surface area contributed by atoms with E-state index in [2.05, 4.69) is 0 Å². The summed E-state index contributed by atoms with van der Waals surface area (Å²) in [5.41, 5.74) is 2.60. The molecule has 0 aliphatic rings. The molecule has 2 aromatic carbocycles. The lowest BCUT2D eigenvalue weighted by molar-refractivity contribution is -0.593. The molecular formula is C18H16N2O3. The molecule has 0 amide bonds. The number of hydrogen-bond donors (Lipinski definition) is 1. The summed E-state index contributed by atoms with van der Waals surface area (Å²) in [6.07, 6.45) is 1.30. The Bertz CT molecular complexity index is 826. The van der Waals surface area contributed by atoms with Crippen molar-refractivity contribution in [1.82, 2.24) is 4.57 Å². The molecule has 0 saturated heterocycles. The molecule has 0 radical (unpaired) electrons. The summed E-state index contributed by atoms with van der Waals surface area (Å²) in [6, 6.07) is 17.7. The average Bonchev–Trinajstić information content (AvgIpc) is 2.92. The van der Waals surface area contributed by atoms with Crippen molar-refractivity contribution in [1.29, 1.82) is 0 Å². The molecule has 1 atom stereocenters. The number of hydrogen-bond acceptors (Lipinski definition) is 2. The minimum atomic E-state index is -0.989. The van der Waals surface area contributed by atoms with Gasteiger partial charge in [0.1, 0.15) is 0 Å². The van der Waals surface area contributed by atoms with Gasteiger partial charge in [-0.2, -0.15) is 0 Å². The van der Waals surface area contributed by atoms with Crippen molar-refractivity contribution in [2.75, 3.05) is 0 Å². The Morgan fingerprint density at radius 3 is 2.09 bits per heavy atom. The van der Waals surface area contributed by atoms with E-state index < -0.39 is 12.0 Å². The summed E-state index contributed by atoms with van der Waals surface area (Å²) in [4.78, 5) is 11.4. The highest BCUT2D eigenvalue weighted by molar-refractivity contribution is 5.79. The fraction of sp³-hybridized carbons (Fsp3) is 0.111. The van der Waals surface area contributed by atoms with Crippen LogP contribution in [-0.2, 0) is 4.79 Å². The minimum Gasteiger partial charge on any atom is -0.710 e. The van der Waals surface area contributed by atoms with Crippen LogP contribution in [0, 0.1) is 5.21 Å². The Balaban J connectivity index is 2.30. The molecule has 0 aliphatic heterocycles. The van der Waals surface area contributed by atoms with E-state index >= 15 is 0 Å². The second-order valence-electron chi connectivity index (χ2n) is 5.29. The molecule has 1 aromatic heterocycles. The van der Waals surface area contributed by atoms with E-state index in [1.807, 2.05) is 60.7 Å². The highest BCUT2D eigenvalue weighted by Gasteiger charge is 2.29. The first-order valence-electron chi connectivity index (χ1n) is 7.27. The molecular weight excluding hydrogens is 292 g/mol. The molecule has 0 bridgehead atoms. The molecule has 0 fully saturated rings. The van der Waals surface area contributed by atoms with Gasteiger partial charge in [0, 0.05) is 11.1 Å². The Hall–Kier alpha value is -3.08. The minimum absolute atomic E-state index is 0.449. The van der Waals surface area contributed by atoms with Gasteiger partial charge in [-0.25, -0.2) is 14.1 Å². The Morgan fingerprint density at radius 1 is 1.04 bits per heavy atom. The number of carboxylic acid groups (broad SMARTS) is 1. The van der Waals surface area contributed by atoms with Crippen molar-refractivity contribution in [3.63, 3.8) is 0 Å². The maximum atomic E-state index is 12.5. The first-order valence-corrected chi connectivity index (χ1v) is 7.27. The van der Waals surface area contributed by atoms with Gasteiger partial charge >= 0.3 is 5.97 Å². The van der Waals surface area contributed by atoms with E-state index in [-0.39, 0.29) is 0 Å². The summed E-state index contributed by atoms with van der Waals surface area (Å²) in [5, 5.41) is 21.8. The molecule has 1 unspecified atom stereocenters. The average molecular weight is 308 g/mol. The highest BCUT2D eigenvalue weighted by atomic mass is 16.5. The first kappa shape index (κ1) is 14.8. The number of aromatic nitrogens is 2. The van der Waals surface area contributed by atoms with Gasteiger partial charge < -0.3 is 10.3 Å². The SMILES string of the molecule is CC(C(=O)O)n1c[n+]([O-])c(-c2ccccc2)c1-c1ccccc1. The molecule has 1 heterocycles. The zero-order valence-corrected chi connectivity index (χ0v) is 12.6. The number of benzene rings is 2. The van der Waals surface area contributed by atoms with Crippen molar-refractivity contribution in [3.05, 3.63) is 72.2 Å². The van der Waals surface area contributed by atoms with Crippen molar-refractivity contribution in [2.24, 2.45) is 0 Å². The number of nitrogens with zero attached hydrogens (tertiary/aromatic N) is 2. The summed E-state index contributed by atoms with van der Waals surface area (Å²) in [7, 11) is 0. The molecule has 5 nitrogen and oxygen atoms in total. The normalized spacial score (nSPS) is 12.0. The van der Waals surface area contributed by atoms with Crippen molar-refractivity contribution >= 4 is 5.97 Å². The van der Waals surface area contributed by atoms with Gasteiger partial charge in [-0.05, 0) is 6.92 Å². The van der Waals surface area contributed by atoms with Gasteiger partial charge in [-0.15, -0.1) is 0 Å². The molecule has 0 spiro atoms. The van der Waals surface area contributed by atoms with Gasteiger partial charge in [0.25, 0.3) is 0 Å². The Morgan fingerprint density at radius 2 is 1.57 bits per heavy atom. The second kappa shape index (κ2) is 5.96. The lowest BCUT2D eigenvalue weighted by Crippen LogP contribution is -2.26. The van der Waals surface area contributed by atoms with Gasteiger partial charge in [-0.3, -0.25) is 0 Å². The van der Waals surface area contributed by atoms with E-state index in [4.69, 9.17) is 0 Å². The van der Waals surface area contributed by atoms with Crippen LogP contribution in [0.15, 0.2) is 67.0 Å².